The summed E-state index contributed by atoms with van der Waals surface area (Å²) in [7, 11) is 0. The SMILES string of the molecule is CC/C=C\C/C=C\C/C=C\C/C=C\CCCCCCCCCCCCC(=O)NC(COC1OC(CO)C(OC2OC(CO)C(O)C(O)C2O)C(O)C1O)C(O)/C=C/CC/C=C/CC/C=C/CCCCCCCCCCCCCC. The summed E-state index contributed by atoms with van der Waals surface area (Å²) in [5.74, 6) is -0.260. The van der Waals surface area contributed by atoms with Crippen molar-refractivity contribution in [1.82, 2.24) is 5.32 Å². The fourth-order valence-electron chi connectivity index (χ4n) is 9.78. The third kappa shape index (κ3) is 35.0. The number of ether oxygens (including phenoxy) is 4. The number of carbonyl (C=O) groups excluding carboxylic acids is 1. The van der Waals surface area contributed by atoms with Crippen molar-refractivity contribution < 1.29 is 64.6 Å². The first-order valence-electron chi connectivity index (χ1n) is 31.3. The van der Waals surface area contributed by atoms with Crippen molar-refractivity contribution in [3.8, 4) is 0 Å². The van der Waals surface area contributed by atoms with E-state index in [4.69, 9.17) is 18.9 Å². The lowest BCUT2D eigenvalue weighted by Gasteiger charge is -2.46. The zero-order chi connectivity index (χ0) is 57.4. The lowest BCUT2D eigenvalue weighted by Crippen LogP contribution is -2.65. The van der Waals surface area contributed by atoms with Gasteiger partial charge in [0.1, 0.15) is 48.8 Å². The van der Waals surface area contributed by atoms with Crippen LogP contribution in [0.5, 0.6) is 0 Å². The van der Waals surface area contributed by atoms with Crippen molar-refractivity contribution in [3.05, 3.63) is 85.1 Å². The molecule has 2 saturated heterocycles. The molecule has 0 radical (unpaired) electrons. The molecule has 0 bridgehead atoms. The quantitative estimate of drug-likeness (QED) is 0.0204. The maximum Gasteiger partial charge on any atom is 0.220 e. The number of carbonyl (C=O) groups is 1. The van der Waals surface area contributed by atoms with Crippen LogP contribution in [0.2, 0.25) is 0 Å². The topological polar surface area (TPSA) is 228 Å². The van der Waals surface area contributed by atoms with Crippen molar-refractivity contribution in [2.45, 2.75) is 299 Å². The Morgan fingerprint density at radius 3 is 1.39 bits per heavy atom. The molecule has 0 aromatic heterocycles. The highest BCUT2D eigenvalue weighted by atomic mass is 16.7. The minimum atomic E-state index is -1.80. The number of aliphatic hydroxyl groups is 8. The zero-order valence-electron chi connectivity index (χ0n) is 49.1. The molecule has 1 amide bonds. The number of hydrogen-bond donors (Lipinski definition) is 9. The minimum absolute atomic E-state index is 0.260. The van der Waals surface area contributed by atoms with Gasteiger partial charge in [-0.1, -0.05) is 221 Å². The monoisotopic (exact) mass is 1120 g/mol. The molecular weight excluding hydrogens is 1000 g/mol. The number of rotatable bonds is 49. The summed E-state index contributed by atoms with van der Waals surface area (Å²) in [6, 6.07) is -0.946. The molecule has 12 atom stereocenters. The molecule has 14 heteroatoms. The van der Waals surface area contributed by atoms with Gasteiger partial charge in [-0.05, 0) is 83.5 Å². The number of aliphatic hydroxyl groups excluding tert-OH is 8. The summed E-state index contributed by atoms with van der Waals surface area (Å²) >= 11 is 0. The van der Waals surface area contributed by atoms with Crippen molar-refractivity contribution >= 4 is 5.91 Å². The van der Waals surface area contributed by atoms with Crippen molar-refractivity contribution in [3.63, 3.8) is 0 Å². The number of hydrogen-bond acceptors (Lipinski definition) is 13. The first kappa shape index (κ1) is 72.3. The first-order chi connectivity index (χ1) is 38.6. The number of unbranched alkanes of at least 4 members (excludes halogenated alkanes) is 24. The van der Waals surface area contributed by atoms with Gasteiger partial charge < -0.3 is 65.1 Å². The Bertz CT molecular complexity index is 1650. The Morgan fingerprint density at radius 1 is 0.468 bits per heavy atom. The average Bonchev–Trinajstić information content (AvgIpc) is 3.47. The summed E-state index contributed by atoms with van der Waals surface area (Å²) in [5, 5.41) is 87.2. The second kappa shape index (κ2) is 49.8. The normalized spacial score (nSPS) is 25.0. The summed E-state index contributed by atoms with van der Waals surface area (Å²) < 4.78 is 22.8. The van der Waals surface area contributed by atoms with Crippen LogP contribution in [0.15, 0.2) is 85.1 Å². The molecule has 14 nitrogen and oxygen atoms in total. The van der Waals surface area contributed by atoms with Gasteiger partial charge in [0.2, 0.25) is 5.91 Å². The van der Waals surface area contributed by atoms with Crippen LogP contribution in [0.4, 0.5) is 0 Å². The Balaban J connectivity index is 1.77. The van der Waals surface area contributed by atoms with E-state index < -0.39 is 86.8 Å². The third-order valence-electron chi connectivity index (χ3n) is 14.8. The van der Waals surface area contributed by atoms with Gasteiger partial charge in [0.05, 0.1) is 32.0 Å². The van der Waals surface area contributed by atoms with Crippen LogP contribution in [-0.4, -0.2) is 140 Å². The van der Waals surface area contributed by atoms with E-state index in [0.29, 0.717) is 12.8 Å². The summed E-state index contributed by atoms with van der Waals surface area (Å²) in [6.07, 6.45) is 50.5. The standard InChI is InChI=1S/C65H113NO13/c1-3-5-7-9-11-13-15-17-19-21-23-25-27-29-31-33-35-37-39-41-43-45-47-49-57(70)66-53(52-76-64-62(75)60(73)63(56(51-68)78-64)79-65-61(74)59(72)58(71)55(50-67)77-65)54(69)48-46-44-42-40-38-36-34-32-30-28-26-24-22-20-18-16-14-12-10-8-6-4-2/h5,7,11,13,17,19,23,25,30,32,38,40,46,48,53-56,58-65,67-69,71-75H,3-4,6,8-10,12,14-16,18,20-22,24,26-29,31,33-37,39,41-45,47,49-52H2,1-2H3,(H,66,70)/b7-5-,13-11-,19-17-,25-23-,32-30+,40-38+,48-46+. The van der Waals surface area contributed by atoms with Crippen LogP contribution in [0.3, 0.4) is 0 Å². The van der Waals surface area contributed by atoms with Gasteiger partial charge in [0, 0.05) is 6.42 Å². The van der Waals surface area contributed by atoms with E-state index in [2.05, 4.69) is 92.1 Å². The van der Waals surface area contributed by atoms with E-state index in [-0.39, 0.29) is 18.9 Å². The van der Waals surface area contributed by atoms with Crippen LogP contribution in [-0.2, 0) is 23.7 Å². The Labute approximate surface area is 478 Å². The molecule has 79 heavy (non-hydrogen) atoms. The fourth-order valence-corrected chi connectivity index (χ4v) is 9.78. The molecule has 2 aliphatic rings. The molecule has 2 aliphatic heterocycles. The van der Waals surface area contributed by atoms with Crippen LogP contribution in [0.25, 0.3) is 0 Å². The highest BCUT2D eigenvalue weighted by Crippen LogP contribution is 2.30. The minimum Gasteiger partial charge on any atom is -0.394 e. The predicted molar refractivity (Wildman–Crippen MR) is 318 cm³/mol. The second-order valence-corrected chi connectivity index (χ2v) is 21.8. The van der Waals surface area contributed by atoms with Crippen molar-refractivity contribution in [2.75, 3.05) is 19.8 Å². The molecule has 0 aliphatic carbocycles. The van der Waals surface area contributed by atoms with Crippen LogP contribution in [0, 0.1) is 0 Å². The summed E-state index contributed by atoms with van der Waals surface area (Å²) in [5.41, 5.74) is 0. The van der Waals surface area contributed by atoms with E-state index >= 15 is 0 Å². The third-order valence-corrected chi connectivity index (χ3v) is 14.8. The highest BCUT2D eigenvalue weighted by molar-refractivity contribution is 5.76. The summed E-state index contributed by atoms with van der Waals surface area (Å²) in [6.45, 7) is 2.66. The molecule has 0 saturated carbocycles. The second-order valence-electron chi connectivity index (χ2n) is 21.8. The molecule has 2 fully saturated rings. The fraction of sp³-hybridized carbons (Fsp3) is 0.769. The molecule has 2 heterocycles. The van der Waals surface area contributed by atoms with E-state index in [1.54, 1.807) is 6.08 Å². The average molecular weight is 1120 g/mol. The van der Waals surface area contributed by atoms with E-state index in [1.165, 1.54) is 116 Å². The number of amides is 1. The molecule has 2 rings (SSSR count). The van der Waals surface area contributed by atoms with Crippen LogP contribution in [0.1, 0.15) is 226 Å². The Morgan fingerprint density at radius 2 is 0.886 bits per heavy atom. The van der Waals surface area contributed by atoms with Gasteiger partial charge in [0.15, 0.2) is 12.6 Å². The molecule has 456 valence electrons. The largest absolute Gasteiger partial charge is 0.394 e. The summed E-state index contributed by atoms with van der Waals surface area (Å²) in [4.78, 5) is 13.3. The van der Waals surface area contributed by atoms with Gasteiger partial charge in [-0.3, -0.25) is 4.79 Å². The number of nitrogens with one attached hydrogen (secondary N) is 1. The van der Waals surface area contributed by atoms with Crippen molar-refractivity contribution in [2.24, 2.45) is 0 Å². The first-order valence-corrected chi connectivity index (χ1v) is 31.3. The van der Waals surface area contributed by atoms with E-state index in [1.807, 2.05) is 6.08 Å². The van der Waals surface area contributed by atoms with E-state index in [0.717, 1.165) is 77.0 Å². The zero-order valence-corrected chi connectivity index (χ0v) is 49.1. The molecule has 12 unspecified atom stereocenters. The smallest absolute Gasteiger partial charge is 0.220 e. The lowest BCUT2D eigenvalue weighted by molar-refractivity contribution is -0.359. The van der Waals surface area contributed by atoms with Gasteiger partial charge in [-0.15, -0.1) is 0 Å². The molecular formula is C65H113NO13. The molecule has 0 aromatic rings. The Hall–Kier alpha value is -2.83. The highest BCUT2D eigenvalue weighted by Gasteiger charge is 2.51. The molecule has 9 N–H and O–H groups in total. The van der Waals surface area contributed by atoms with Gasteiger partial charge in [-0.25, -0.2) is 0 Å². The number of allylic oxidation sites excluding steroid dienone is 13. The molecule has 0 spiro atoms. The van der Waals surface area contributed by atoms with Crippen LogP contribution < -0.4 is 5.32 Å². The van der Waals surface area contributed by atoms with Gasteiger partial charge in [0.25, 0.3) is 0 Å². The van der Waals surface area contributed by atoms with Gasteiger partial charge in [-0.2, -0.15) is 0 Å². The lowest BCUT2D eigenvalue weighted by atomic mass is 9.97. The van der Waals surface area contributed by atoms with Crippen molar-refractivity contribution in [1.29, 1.82) is 0 Å². The Kier molecular flexibility index (Phi) is 45.5. The predicted octanol–water partition coefficient (Wildman–Crippen LogP) is 11.3. The van der Waals surface area contributed by atoms with Crippen LogP contribution >= 0.6 is 0 Å². The molecule has 0 aromatic carbocycles. The van der Waals surface area contributed by atoms with E-state index in [9.17, 15) is 45.6 Å². The van der Waals surface area contributed by atoms with Gasteiger partial charge >= 0.3 is 0 Å². The maximum atomic E-state index is 13.3. The maximum absolute atomic E-state index is 13.3.